The van der Waals surface area contributed by atoms with Crippen LogP contribution in [0.25, 0.3) is 10.8 Å². The molecule has 2 rings (SSSR count). The summed E-state index contributed by atoms with van der Waals surface area (Å²) in [6, 6.07) is 14.6. The van der Waals surface area contributed by atoms with Gasteiger partial charge in [-0.15, -0.1) is 0 Å². The number of benzene rings is 2. The fourth-order valence-electron chi connectivity index (χ4n) is 1.82. The Morgan fingerprint density at radius 2 is 1.83 bits per heavy atom. The molecule has 0 aromatic heterocycles. The highest BCUT2D eigenvalue weighted by molar-refractivity contribution is 7.91. The van der Waals surface area contributed by atoms with Gasteiger partial charge in [-0.05, 0) is 29.8 Å². The first-order valence-corrected chi connectivity index (χ1v) is 7.29. The smallest absolute Gasteiger partial charge is 0.179 e. The maximum absolute atomic E-state index is 12.1. The molecule has 0 saturated carbocycles. The molecule has 0 heterocycles. The third kappa shape index (κ3) is 2.52. The van der Waals surface area contributed by atoms with Crippen LogP contribution in [0.15, 0.2) is 47.4 Å². The van der Waals surface area contributed by atoms with E-state index in [1.165, 1.54) is 0 Å². The van der Waals surface area contributed by atoms with Crippen LogP contribution in [0.1, 0.15) is 6.92 Å². The van der Waals surface area contributed by atoms with Crippen LogP contribution in [0.4, 0.5) is 0 Å². The summed E-state index contributed by atoms with van der Waals surface area (Å²) in [5, 5.41) is 10.6. The average Bonchev–Trinajstić information content (AvgIpc) is 2.37. The Balaban J connectivity index is 2.45. The Morgan fingerprint density at radius 3 is 2.50 bits per heavy atom. The zero-order valence-electron chi connectivity index (χ0n) is 10.00. The van der Waals surface area contributed by atoms with E-state index in [0.717, 1.165) is 10.8 Å². The van der Waals surface area contributed by atoms with Crippen molar-refractivity contribution in [1.29, 1.82) is 5.26 Å². The van der Waals surface area contributed by atoms with Crippen molar-refractivity contribution in [1.82, 2.24) is 0 Å². The van der Waals surface area contributed by atoms with Crippen molar-refractivity contribution in [3.8, 4) is 6.07 Å². The van der Waals surface area contributed by atoms with E-state index in [9.17, 15) is 8.42 Å². The van der Waals surface area contributed by atoms with Gasteiger partial charge in [0.1, 0.15) is 0 Å². The lowest BCUT2D eigenvalue weighted by atomic mass is 10.1. The molecule has 0 radical (unpaired) electrons. The largest absolute Gasteiger partial charge is 0.224 e. The quantitative estimate of drug-likeness (QED) is 0.851. The van der Waals surface area contributed by atoms with Crippen molar-refractivity contribution in [2.24, 2.45) is 5.92 Å². The number of hydrogen-bond donors (Lipinski definition) is 0. The predicted octanol–water partition coefficient (Wildman–Crippen LogP) is 2.77. The molecular formula is C14H13NO2S. The van der Waals surface area contributed by atoms with Crippen LogP contribution < -0.4 is 0 Å². The molecule has 0 aliphatic rings. The molecule has 0 N–H and O–H groups in total. The molecule has 4 heteroatoms. The molecular weight excluding hydrogens is 246 g/mol. The van der Waals surface area contributed by atoms with Gasteiger partial charge >= 0.3 is 0 Å². The molecule has 3 nitrogen and oxygen atoms in total. The molecule has 92 valence electrons. The molecule has 0 aliphatic carbocycles. The standard InChI is InChI=1S/C14H13NO2S/c1-11(9-15)10-18(16,17)14-7-6-12-4-2-3-5-13(12)8-14/h2-8,11H,10H2,1H3. The second kappa shape index (κ2) is 4.79. The van der Waals surface area contributed by atoms with Gasteiger partial charge in [0.25, 0.3) is 0 Å². The molecule has 0 saturated heterocycles. The molecule has 0 aliphatic heterocycles. The van der Waals surface area contributed by atoms with E-state index in [-0.39, 0.29) is 10.6 Å². The lowest BCUT2D eigenvalue weighted by Crippen LogP contribution is -2.12. The minimum atomic E-state index is -3.39. The maximum atomic E-state index is 12.1. The molecule has 0 spiro atoms. The van der Waals surface area contributed by atoms with Crippen LogP contribution in [-0.4, -0.2) is 14.2 Å². The normalized spacial score (nSPS) is 13.1. The number of sulfone groups is 1. The molecule has 2 aromatic rings. The van der Waals surface area contributed by atoms with E-state index in [0.29, 0.717) is 0 Å². The third-order valence-corrected chi connectivity index (χ3v) is 4.68. The highest BCUT2D eigenvalue weighted by atomic mass is 32.2. The van der Waals surface area contributed by atoms with Gasteiger partial charge in [-0.25, -0.2) is 8.42 Å². The second-order valence-corrected chi connectivity index (χ2v) is 6.35. The van der Waals surface area contributed by atoms with Gasteiger partial charge in [-0.2, -0.15) is 5.26 Å². The summed E-state index contributed by atoms with van der Waals surface area (Å²) >= 11 is 0. The summed E-state index contributed by atoms with van der Waals surface area (Å²) in [6.07, 6.45) is 0. The van der Waals surface area contributed by atoms with Crippen molar-refractivity contribution >= 4 is 20.6 Å². The highest BCUT2D eigenvalue weighted by Crippen LogP contribution is 2.20. The van der Waals surface area contributed by atoms with E-state index in [1.54, 1.807) is 25.1 Å². The first-order valence-electron chi connectivity index (χ1n) is 5.64. The lowest BCUT2D eigenvalue weighted by Gasteiger charge is -2.06. The molecule has 18 heavy (non-hydrogen) atoms. The first kappa shape index (κ1) is 12.6. The topological polar surface area (TPSA) is 57.9 Å². The second-order valence-electron chi connectivity index (χ2n) is 4.32. The number of rotatable bonds is 3. The summed E-state index contributed by atoms with van der Waals surface area (Å²) in [5.41, 5.74) is 0. The third-order valence-electron chi connectivity index (χ3n) is 2.77. The zero-order valence-corrected chi connectivity index (χ0v) is 10.8. The predicted molar refractivity (Wildman–Crippen MR) is 70.8 cm³/mol. The van der Waals surface area contributed by atoms with Gasteiger partial charge in [0.2, 0.25) is 0 Å². The molecule has 0 fully saturated rings. The summed E-state index contributed by atoms with van der Waals surface area (Å²) in [7, 11) is -3.39. The zero-order chi connectivity index (χ0) is 13.2. The number of fused-ring (bicyclic) bond motifs is 1. The van der Waals surface area contributed by atoms with Crippen molar-refractivity contribution in [2.75, 3.05) is 5.75 Å². The van der Waals surface area contributed by atoms with E-state index < -0.39 is 15.8 Å². The van der Waals surface area contributed by atoms with Crippen LogP contribution in [0.2, 0.25) is 0 Å². The Labute approximate surface area is 107 Å². The van der Waals surface area contributed by atoms with Gasteiger partial charge in [-0.1, -0.05) is 30.3 Å². The minimum absolute atomic E-state index is 0.137. The molecule has 1 atom stereocenters. The number of nitrogens with zero attached hydrogens (tertiary/aromatic N) is 1. The van der Waals surface area contributed by atoms with Crippen molar-refractivity contribution in [2.45, 2.75) is 11.8 Å². The average molecular weight is 259 g/mol. The van der Waals surface area contributed by atoms with Crippen LogP contribution >= 0.6 is 0 Å². The first-order chi connectivity index (χ1) is 8.53. The fourth-order valence-corrected chi connectivity index (χ4v) is 3.33. The van der Waals surface area contributed by atoms with Gasteiger partial charge in [0.05, 0.1) is 22.6 Å². The molecule has 2 aromatic carbocycles. The summed E-state index contributed by atoms with van der Waals surface area (Å²) < 4.78 is 24.2. The molecule has 0 bridgehead atoms. The Morgan fingerprint density at radius 1 is 1.17 bits per heavy atom. The van der Waals surface area contributed by atoms with Crippen molar-refractivity contribution < 1.29 is 8.42 Å². The lowest BCUT2D eigenvalue weighted by molar-refractivity contribution is 0.589. The highest BCUT2D eigenvalue weighted by Gasteiger charge is 2.18. The van der Waals surface area contributed by atoms with Crippen LogP contribution in [-0.2, 0) is 9.84 Å². The summed E-state index contributed by atoms with van der Waals surface area (Å²) in [4.78, 5) is 0.281. The van der Waals surface area contributed by atoms with E-state index in [1.807, 2.05) is 30.3 Å². The summed E-state index contributed by atoms with van der Waals surface area (Å²) in [6.45, 7) is 1.61. The van der Waals surface area contributed by atoms with Gasteiger partial charge < -0.3 is 0 Å². The van der Waals surface area contributed by atoms with E-state index in [2.05, 4.69) is 0 Å². The maximum Gasteiger partial charge on any atom is 0.179 e. The minimum Gasteiger partial charge on any atom is -0.224 e. The van der Waals surface area contributed by atoms with Crippen LogP contribution in [0.3, 0.4) is 0 Å². The molecule has 1 unspecified atom stereocenters. The van der Waals surface area contributed by atoms with Crippen molar-refractivity contribution in [3.63, 3.8) is 0 Å². The Kier molecular flexibility index (Phi) is 3.35. The SMILES string of the molecule is CC(C#N)CS(=O)(=O)c1ccc2ccccc2c1. The van der Waals surface area contributed by atoms with E-state index >= 15 is 0 Å². The Hall–Kier alpha value is -1.86. The molecule has 0 amide bonds. The number of hydrogen-bond acceptors (Lipinski definition) is 3. The van der Waals surface area contributed by atoms with Gasteiger partial charge in [0.15, 0.2) is 9.84 Å². The van der Waals surface area contributed by atoms with Gasteiger partial charge in [-0.3, -0.25) is 0 Å². The fraction of sp³-hybridized carbons (Fsp3) is 0.214. The van der Waals surface area contributed by atoms with Crippen molar-refractivity contribution in [3.05, 3.63) is 42.5 Å². The Bertz CT molecular complexity index is 714. The van der Waals surface area contributed by atoms with E-state index in [4.69, 9.17) is 5.26 Å². The van der Waals surface area contributed by atoms with Gasteiger partial charge in [0, 0.05) is 0 Å². The van der Waals surface area contributed by atoms with Crippen LogP contribution in [0.5, 0.6) is 0 Å². The summed E-state index contributed by atoms with van der Waals surface area (Å²) in [5.74, 6) is -0.636. The van der Waals surface area contributed by atoms with Crippen LogP contribution in [0, 0.1) is 17.2 Å². The number of nitriles is 1. The monoisotopic (exact) mass is 259 g/mol.